The third-order valence-electron chi connectivity index (χ3n) is 4.93. The number of hydrogen-bond acceptors (Lipinski definition) is 3. The third-order valence-corrected chi connectivity index (χ3v) is 4.93. The molecule has 1 aliphatic heterocycles. The molecule has 0 saturated carbocycles. The Balaban J connectivity index is 1.73. The van der Waals surface area contributed by atoms with E-state index in [1.165, 1.54) is 11.1 Å². The van der Waals surface area contributed by atoms with Crippen molar-refractivity contribution < 1.29 is 14.5 Å². The lowest BCUT2D eigenvalue weighted by molar-refractivity contribution is -0.500. The van der Waals surface area contributed by atoms with Crippen LogP contribution in [0.4, 0.5) is 0 Å². The maximum Gasteiger partial charge on any atom is 0.196 e. The van der Waals surface area contributed by atoms with Gasteiger partial charge in [0.2, 0.25) is 0 Å². The van der Waals surface area contributed by atoms with Crippen molar-refractivity contribution in [3.05, 3.63) is 77.9 Å². The maximum atomic E-state index is 6.36. The van der Waals surface area contributed by atoms with Crippen molar-refractivity contribution in [3.8, 4) is 0 Å². The van der Waals surface area contributed by atoms with E-state index >= 15 is 0 Å². The number of fused-ring (bicyclic) bond motifs is 1. The average molecular weight is 336 g/mol. The van der Waals surface area contributed by atoms with Crippen molar-refractivity contribution in [2.75, 3.05) is 0 Å². The van der Waals surface area contributed by atoms with Crippen LogP contribution in [0.1, 0.15) is 38.3 Å². The number of benzene rings is 2. The van der Waals surface area contributed by atoms with Gasteiger partial charge in [0.15, 0.2) is 11.9 Å². The van der Waals surface area contributed by atoms with Gasteiger partial charge in [-0.3, -0.25) is 0 Å². The molecule has 3 heteroatoms. The first kappa shape index (κ1) is 16.5. The second-order valence-corrected chi connectivity index (χ2v) is 7.92. The molecular formula is C22H24O3. The van der Waals surface area contributed by atoms with E-state index in [9.17, 15) is 0 Å². The van der Waals surface area contributed by atoms with Crippen LogP contribution in [0.2, 0.25) is 0 Å². The Labute approximate surface area is 149 Å². The van der Waals surface area contributed by atoms with Crippen LogP contribution in [0.15, 0.2) is 66.7 Å². The second-order valence-electron chi connectivity index (χ2n) is 7.92. The van der Waals surface area contributed by atoms with Crippen molar-refractivity contribution in [1.82, 2.24) is 0 Å². The molecule has 0 amide bonds. The molecule has 3 atom stereocenters. The molecular weight excluding hydrogens is 312 g/mol. The fourth-order valence-electron chi connectivity index (χ4n) is 3.50. The van der Waals surface area contributed by atoms with Crippen LogP contribution >= 0.6 is 0 Å². The van der Waals surface area contributed by atoms with Crippen LogP contribution in [0, 0.1) is 5.41 Å². The first-order valence-corrected chi connectivity index (χ1v) is 8.81. The SMILES string of the molecule is CC(C)(C)[C@H]1OO[C@@]2(c3ccccc3)CC(c3ccccc3)=C[C@H]2O1. The topological polar surface area (TPSA) is 27.7 Å². The Kier molecular flexibility index (Phi) is 4.03. The molecule has 3 nitrogen and oxygen atoms in total. The predicted octanol–water partition coefficient (Wildman–Crippen LogP) is 5.09. The number of hydrogen-bond donors (Lipinski definition) is 0. The zero-order chi connectivity index (χ0) is 17.5. The summed E-state index contributed by atoms with van der Waals surface area (Å²) in [5.74, 6) is 0. The van der Waals surface area contributed by atoms with Crippen LogP contribution in [0.5, 0.6) is 0 Å². The molecule has 0 aromatic heterocycles. The van der Waals surface area contributed by atoms with Crippen molar-refractivity contribution >= 4 is 5.57 Å². The zero-order valence-electron chi connectivity index (χ0n) is 14.9. The van der Waals surface area contributed by atoms with Crippen LogP contribution in [-0.2, 0) is 20.1 Å². The van der Waals surface area contributed by atoms with Gasteiger partial charge in [0.05, 0.1) is 0 Å². The molecule has 0 bridgehead atoms. The van der Waals surface area contributed by atoms with Gasteiger partial charge < -0.3 is 4.74 Å². The molecule has 0 N–H and O–H groups in total. The van der Waals surface area contributed by atoms with E-state index in [1.54, 1.807) is 0 Å². The van der Waals surface area contributed by atoms with E-state index in [0.717, 1.165) is 12.0 Å². The van der Waals surface area contributed by atoms with Crippen LogP contribution in [0.3, 0.4) is 0 Å². The van der Waals surface area contributed by atoms with Crippen LogP contribution in [-0.4, -0.2) is 12.4 Å². The lowest BCUT2D eigenvalue weighted by Crippen LogP contribution is -2.51. The van der Waals surface area contributed by atoms with Crippen molar-refractivity contribution in [2.24, 2.45) is 5.41 Å². The van der Waals surface area contributed by atoms with Gasteiger partial charge in [-0.05, 0) is 22.8 Å². The first-order valence-electron chi connectivity index (χ1n) is 8.81. The van der Waals surface area contributed by atoms with Gasteiger partial charge in [0.25, 0.3) is 0 Å². The van der Waals surface area contributed by atoms with Gasteiger partial charge in [-0.15, -0.1) is 0 Å². The molecule has 0 spiro atoms. The standard InChI is InChI=1S/C22H24O3/c1-21(2,3)20-23-19-14-17(16-10-6-4-7-11-16)15-22(19,25-24-20)18-12-8-5-9-13-18/h4-14,19-20H,15H2,1-3H3/t19-,20-,22-/m1/s1. The minimum Gasteiger partial charge on any atom is -0.338 e. The minimum atomic E-state index is -0.631. The van der Waals surface area contributed by atoms with Gasteiger partial charge >= 0.3 is 0 Å². The molecule has 1 aliphatic carbocycles. The van der Waals surface area contributed by atoms with Gasteiger partial charge in [0, 0.05) is 11.8 Å². The van der Waals surface area contributed by atoms with Gasteiger partial charge in [-0.1, -0.05) is 81.4 Å². The van der Waals surface area contributed by atoms with E-state index in [4.69, 9.17) is 14.5 Å². The summed E-state index contributed by atoms with van der Waals surface area (Å²) in [4.78, 5) is 11.8. The van der Waals surface area contributed by atoms with Crippen molar-refractivity contribution in [1.29, 1.82) is 0 Å². The van der Waals surface area contributed by atoms with Gasteiger partial charge in [-0.25, -0.2) is 9.78 Å². The second kappa shape index (κ2) is 6.10. The minimum absolute atomic E-state index is 0.161. The molecule has 2 aromatic rings. The molecule has 1 heterocycles. The molecule has 0 unspecified atom stereocenters. The van der Waals surface area contributed by atoms with E-state index in [0.29, 0.717) is 0 Å². The molecule has 0 radical (unpaired) electrons. The number of rotatable bonds is 2. The smallest absolute Gasteiger partial charge is 0.196 e. The Hall–Kier alpha value is -1.94. The highest BCUT2D eigenvalue weighted by Gasteiger charge is 2.53. The summed E-state index contributed by atoms with van der Waals surface area (Å²) in [5, 5.41) is 0. The molecule has 25 heavy (non-hydrogen) atoms. The summed E-state index contributed by atoms with van der Waals surface area (Å²) in [6.45, 7) is 6.27. The average Bonchev–Trinajstić information content (AvgIpc) is 3.02. The Morgan fingerprint density at radius 2 is 1.56 bits per heavy atom. The van der Waals surface area contributed by atoms with E-state index < -0.39 is 11.9 Å². The van der Waals surface area contributed by atoms with E-state index in [2.05, 4.69) is 63.2 Å². The Bertz CT molecular complexity index is 761. The Morgan fingerprint density at radius 3 is 2.20 bits per heavy atom. The fourth-order valence-corrected chi connectivity index (χ4v) is 3.50. The summed E-state index contributed by atoms with van der Waals surface area (Å²) in [6, 6.07) is 20.6. The molecule has 2 aromatic carbocycles. The van der Waals surface area contributed by atoms with Crippen LogP contribution < -0.4 is 0 Å². The van der Waals surface area contributed by atoms with Gasteiger partial charge in [-0.2, -0.15) is 0 Å². The fraction of sp³-hybridized carbons (Fsp3) is 0.364. The highest BCUT2D eigenvalue weighted by atomic mass is 17.2. The molecule has 2 aliphatic rings. The largest absolute Gasteiger partial charge is 0.338 e. The molecule has 1 fully saturated rings. The highest BCUT2D eigenvalue weighted by molar-refractivity contribution is 5.70. The highest BCUT2D eigenvalue weighted by Crippen LogP contribution is 2.50. The lowest BCUT2D eigenvalue weighted by atomic mass is 9.86. The quantitative estimate of drug-likeness (QED) is 0.715. The van der Waals surface area contributed by atoms with Gasteiger partial charge in [0.1, 0.15) is 6.10 Å². The maximum absolute atomic E-state index is 6.36. The monoisotopic (exact) mass is 336 g/mol. The molecule has 4 rings (SSSR count). The molecule has 1 saturated heterocycles. The lowest BCUT2D eigenvalue weighted by Gasteiger charge is -2.44. The summed E-state index contributed by atoms with van der Waals surface area (Å²) in [7, 11) is 0. The molecule has 130 valence electrons. The van der Waals surface area contributed by atoms with Crippen molar-refractivity contribution in [2.45, 2.75) is 45.2 Å². The summed E-state index contributed by atoms with van der Waals surface area (Å²) in [6.07, 6.45) is 2.34. The predicted molar refractivity (Wildman–Crippen MR) is 97.4 cm³/mol. The van der Waals surface area contributed by atoms with E-state index in [1.807, 2.05) is 24.3 Å². The summed E-state index contributed by atoms with van der Waals surface area (Å²) >= 11 is 0. The summed E-state index contributed by atoms with van der Waals surface area (Å²) < 4.78 is 6.36. The Morgan fingerprint density at radius 1 is 0.920 bits per heavy atom. The first-order chi connectivity index (χ1) is 12.0. The normalized spacial score (nSPS) is 29.2. The van der Waals surface area contributed by atoms with Crippen LogP contribution in [0.25, 0.3) is 5.57 Å². The summed E-state index contributed by atoms with van der Waals surface area (Å²) in [5.41, 5.74) is 2.72. The zero-order valence-corrected chi connectivity index (χ0v) is 14.9. The van der Waals surface area contributed by atoms with E-state index in [-0.39, 0.29) is 11.5 Å². The van der Waals surface area contributed by atoms with Crippen molar-refractivity contribution in [3.63, 3.8) is 0 Å². The third kappa shape index (κ3) is 2.93. The number of ether oxygens (including phenoxy) is 1.